The van der Waals surface area contributed by atoms with Crippen LogP contribution in [0.5, 0.6) is 0 Å². The van der Waals surface area contributed by atoms with E-state index in [2.05, 4.69) is 22.4 Å². The van der Waals surface area contributed by atoms with Gasteiger partial charge in [0, 0.05) is 16.6 Å². The van der Waals surface area contributed by atoms with Gasteiger partial charge in [-0.15, -0.1) is 10.2 Å². The summed E-state index contributed by atoms with van der Waals surface area (Å²) in [7, 11) is 0. The minimum atomic E-state index is -0.0612. The second-order valence-corrected chi connectivity index (χ2v) is 5.91. The Morgan fingerprint density at radius 3 is 2.48 bits per heavy atom. The van der Waals surface area contributed by atoms with Gasteiger partial charge in [0.1, 0.15) is 0 Å². The fraction of sp³-hybridized carbons (Fsp3) is 0.222. The van der Waals surface area contributed by atoms with Gasteiger partial charge in [-0.1, -0.05) is 41.9 Å². The van der Waals surface area contributed by atoms with Crippen molar-refractivity contribution in [2.75, 3.05) is 0 Å². The Bertz CT molecular complexity index is 773. The van der Waals surface area contributed by atoms with Crippen LogP contribution in [0.1, 0.15) is 37.4 Å². The fourth-order valence-electron chi connectivity index (χ4n) is 2.43. The summed E-state index contributed by atoms with van der Waals surface area (Å²) in [6.07, 6.45) is 0. The fourth-order valence-corrected chi connectivity index (χ4v) is 2.62. The smallest absolute Gasteiger partial charge is 0.247 e. The average Bonchev–Trinajstić information content (AvgIpc) is 3.06. The highest BCUT2D eigenvalue weighted by Crippen LogP contribution is 2.23. The molecule has 0 saturated carbocycles. The van der Waals surface area contributed by atoms with Crippen molar-refractivity contribution in [1.29, 1.82) is 0 Å². The molecule has 2 aromatic carbocycles. The van der Waals surface area contributed by atoms with Gasteiger partial charge in [-0.05, 0) is 43.7 Å². The minimum Gasteiger partial charge on any atom is -0.419 e. The molecule has 0 saturated heterocycles. The number of hydrogen-bond acceptors (Lipinski definition) is 4. The molecule has 0 aliphatic rings. The summed E-state index contributed by atoms with van der Waals surface area (Å²) in [6.45, 7) is 4.08. The molecule has 3 aromatic rings. The highest BCUT2D eigenvalue weighted by molar-refractivity contribution is 6.30. The predicted molar refractivity (Wildman–Crippen MR) is 91.2 cm³/mol. The number of nitrogens with one attached hydrogen (secondary N) is 1. The van der Waals surface area contributed by atoms with E-state index in [4.69, 9.17) is 16.0 Å². The number of benzene rings is 2. The molecule has 0 aliphatic carbocycles. The van der Waals surface area contributed by atoms with Gasteiger partial charge in [-0.3, -0.25) is 5.32 Å². The number of hydrogen-bond donors (Lipinski definition) is 1. The molecule has 0 amide bonds. The van der Waals surface area contributed by atoms with Gasteiger partial charge >= 0.3 is 0 Å². The van der Waals surface area contributed by atoms with E-state index in [0.29, 0.717) is 11.8 Å². The number of nitrogens with zero attached hydrogens (tertiary/aromatic N) is 2. The Kier molecular flexibility index (Phi) is 4.74. The second kappa shape index (κ2) is 6.94. The minimum absolute atomic E-state index is 0.0612. The Hall–Kier alpha value is -2.17. The van der Waals surface area contributed by atoms with Crippen LogP contribution in [0.15, 0.2) is 59.0 Å². The molecular formula is C18H18ClN3O. The normalized spacial score (nSPS) is 13.7. The summed E-state index contributed by atoms with van der Waals surface area (Å²) in [4.78, 5) is 0. The Labute approximate surface area is 140 Å². The number of halogens is 1. The van der Waals surface area contributed by atoms with Crippen LogP contribution in [0.3, 0.4) is 0 Å². The third-order valence-corrected chi connectivity index (χ3v) is 3.92. The van der Waals surface area contributed by atoms with E-state index >= 15 is 0 Å². The van der Waals surface area contributed by atoms with Gasteiger partial charge in [-0.2, -0.15) is 0 Å². The van der Waals surface area contributed by atoms with Gasteiger partial charge in [0.25, 0.3) is 0 Å². The molecule has 23 heavy (non-hydrogen) atoms. The molecule has 1 N–H and O–H groups in total. The first-order chi connectivity index (χ1) is 11.1. The lowest BCUT2D eigenvalue weighted by molar-refractivity contribution is 0.395. The summed E-state index contributed by atoms with van der Waals surface area (Å²) in [6, 6.07) is 17.6. The molecule has 2 atom stereocenters. The molecule has 3 rings (SSSR count). The highest BCUT2D eigenvalue weighted by Gasteiger charge is 2.17. The monoisotopic (exact) mass is 327 g/mol. The van der Waals surface area contributed by atoms with Gasteiger partial charge in [-0.25, -0.2) is 0 Å². The number of rotatable bonds is 5. The lowest BCUT2D eigenvalue weighted by Crippen LogP contribution is -2.22. The van der Waals surface area contributed by atoms with Crippen LogP contribution in [0.25, 0.3) is 11.5 Å². The molecule has 0 fully saturated rings. The summed E-state index contributed by atoms with van der Waals surface area (Å²) in [5.41, 5.74) is 2.04. The van der Waals surface area contributed by atoms with Crippen molar-refractivity contribution >= 4 is 11.6 Å². The zero-order valence-corrected chi connectivity index (χ0v) is 13.8. The Morgan fingerprint density at radius 2 is 1.74 bits per heavy atom. The second-order valence-electron chi connectivity index (χ2n) is 5.48. The van der Waals surface area contributed by atoms with Gasteiger partial charge in [0.2, 0.25) is 11.8 Å². The van der Waals surface area contributed by atoms with E-state index in [9.17, 15) is 0 Å². The summed E-state index contributed by atoms with van der Waals surface area (Å²) >= 11 is 6.04. The van der Waals surface area contributed by atoms with Gasteiger partial charge < -0.3 is 4.42 Å². The van der Waals surface area contributed by atoms with Crippen molar-refractivity contribution < 1.29 is 4.42 Å². The zero-order chi connectivity index (χ0) is 16.2. The van der Waals surface area contributed by atoms with Crippen LogP contribution in [-0.2, 0) is 0 Å². The summed E-state index contributed by atoms with van der Waals surface area (Å²) in [5, 5.41) is 12.5. The molecular weight excluding hydrogens is 310 g/mol. The van der Waals surface area contributed by atoms with E-state index in [1.807, 2.05) is 61.5 Å². The maximum atomic E-state index is 6.04. The van der Waals surface area contributed by atoms with Crippen molar-refractivity contribution in [2.45, 2.75) is 25.9 Å². The van der Waals surface area contributed by atoms with Gasteiger partial charge in [0.15, 0.2) is 0 Å². The van der Waals surface area contributed by atoms with E-state index in [-0.39, 0.29) is 12.1 Å². The topological polar surface area (TPSA) is 51.0 Å². The zero-order valence-electron chi connectivity index (χ0n) is 13.0. The van der Waals surface area contributed by atoms with Crippen LogP contribution in [-0.4, -0.2) is 10.2 Å². The van der Waals surface area contributed by atoms with Crippen LogP contribution in [0.2, 0.25) is 5.02 Å². The van der Waals surface area contributed by atoms with Crippen LogP contribution in [0, 0.1) is 0 Å². The molecule has 0 aliphatic heterocycles. The van der Waals surface area contributed by atoms with Crippen LogP contribution < -0.4 is 5.32 Å². The summed E-state index contributed by atoms with van der Waals surface area (Å²) in [5.74, 6) is 1.10. The van der Waals surface area contributed by atoms with Crippen molar-refractivity contribution in [3.05, 3.63) is 71.1 Å². The Morgan fingerprint density at radius 1 is 0.957 bits per heavy atom. The van der Waals surface area contributed by atoms with E-state index in [0.717, 1.165) is 16.1 Å². The molecule has 0 radical (unpaired) electrons. The van der Waals surface area contributed by atoms with Crippen molar-refractivity contribution in [3.8, 4) is 11.5 Å². The lowest BCUT2D eigenvalue weighted by Gasteiger charge is -2.18. The van der Waals surface area contributed by atoms with Crippen molar-refractivity contribution in [1.82, 2.24) is 15.5 Å². The quantitative estimate of drug-likeness (QED) is 0.731. The first kappa shape index (κ1) is 15.7. The van der Waals surface area contributed by atoms with Crippen molar-refractivity contribution in [3.63, 3.8) is 0 Å². The standard InChI is InChI=1S/C18H18ClN3O/c1-12(15-9-6-10-16(19)11-15)20-13(2)17-21-22-18(23-17)14-7-4-3-5-8-14/h3-13,20H,1-2H3/t12-,13+/m0/s1. The largest absolute Gasteiger partial charge is 0.419 e. The highest BCUT2D eigenvalue weighted by atomic mass is 35.5. The molecule has 4 nitrogen and oxygen atoms in total. The maximum Gasteiger partial charge on any atom is 0.247 e. The van der Waals surface area contributed by atoms with Crippen LogP contribution in [0.4, 0.5) is 0 Å². The molecule has 1 aromatic heterocycles. The molecule has 1 heterocycles. The predicted octanol–water partition coefficient (Wildman–Crippen LogP) is 4.80. The molecule has 0 spiro atoms. The Balaban J connectivity index is 1.71. The first-order valence-corrected chi connectivity index (χ1v) is 7.91. The van der Waals surface area contributed by atoms with E-state index in [1.165, 1.54) is 0 Å². The SMILES string of the molecule is C[C@H](N[C@H](C)c1nnc(-c2ccccc2)o1)c1cccc(Cl)c1. The third-order valence-electron chi connectivity index (χ3n) is 3.68. The lowest BCUT2D eigenvalue weighted by atomic mass is 10.1. The molecule has 0 unspecified atom stereocenters. The molecule has 5 heteroatoms. The number of aromatic nitrogens is 2. The average molecular weight is 328 g/mol. The van der Waals surface area contributed by atoms with Gasteiger partial charge in [0.05, 0.1) is 6.04 Å². The van der Waals surface area contributed by atoms with E-state index < -0.39 is 0 Å². The van der Waals surface area contributed by atoms with Crippen LogP contribution >= 0.6 is 11.6 Å². The third kappa shape index (κ3) is 3.78. The first-order valence-electron chi connectivity index (χ1n) is 7.54. The van der Waals surface area contributed by atoms with Crippen molar-refractivity contribution in [2.24, 2.45) is 0 Å². The molecule has 118 valence electrons. The summed E-state index contributed by atoms with van der Waals surface area (Å²) < 4.78 is 5.78. The van der Waals surface area contributed by atoms with E-state index in [1.54, 1.807) is 0 Å². The molecule has 0 bridgehead atoms. The maximum absolute atomic E-state index is 6.04.